The van der Waals surface area contributed by atoms with Crippen LogP contribution < -0.4 is 5.73 Å². The van der Waals surface area contributed by atoms with Gasteiger partial charge in [0.25, 0.3) is 0 Å². The minimum absolute atomic E-state index is 0.0612. The molecule has 19 heavy (non-hydrogen) atoms. The van der Waals surface area contributed by atoms with Crippen LogP contribution in [0.4, 0.5) is 13.2 Å². The molecule has 0 bridgehead atoms. The van der Waals surface area contributed by atoms with Crippen molar-refractivity contribution in [2.75, 3.05) is 0 Å². The second kappa shape index (κ2) is 5.35. The number of benzene rings is 1. The molecule has 0 fully saturated rings. The Morgan fingerprint density at radius 3 is 2.26 bits per heavy atom. The number of nitrogens with two attached hydrogens (primary N) is 1. The van der Waals surface area contributed by atoms with Crippen LogP contribution in [-0.2, 0) is 0 Å². The van der Waals surface area contributed by atoms with E-state index in [1.165, 1.54) is 11.3 Å². The first kappa shape index (κ1) is 14.1. The molecule has 1 heterocycles. The Bertz CT molecular complexity index is 592. The molecule has 0 aliphatic heterocycles. The van der Waals surface area contributed by atoms with Crippen LogP contribution in [0, 0.1) is 23.4 Å². The van der Waals surface area contributed by atoms with Crippen LogP contribution in [0.5, 0.6) is 0 Å². The molecule has 0 radical (unpaired) electrons. The summed E-state index contributed by atoms with van der Waals surface area (Å²) in [5.41, 5.74) is 6.07. The van der Waals surface area contributed by atoms with Crippen LogP contribution >= 0.6 is 11.3 Å². The minimum Gasteiger partial charge on any atom is -0.323 e. The number of hydrogen-bond donors (Lipinski definition) is 1. The summed E-state index contributed by atoms with van der Waals surface area (Å²) in [5, 5.41) is 0. The summed E-state index contributed by atoms with van der Waals surface area (Å²) in [7, 11) is 0. The van der Waals surface area contributed by atoms with Gasteiger partial charge in [-0.1, -0.05) is 13.8 Å². The van der Waals surface area contributed by atoms with Gasteiger partial charge in [-0.3, -0.25) is 0 Å². The van der Waals surface area contributed by atoms with Gasteiger partial charge in [0.05, 0.1) is 0 Å². The van der Waals surface area contributed by atoms with Gasteiger partial charge in [-0.25, -0.2) is 13.2 Å². The summed E-state index contributed by atoms with van der Waals surface area (Å²) in [6.45, 7) is 3.98. The molecular weight excluding hydrogens is 271 g/mol. The van der Waals surface area contributed by atoms with Crippen molar-refractivity contribution in [2.24, 2.45) is 11.7 Å². The Balaban J connectivity index is 2.41. The SMILES string of the molecule is CC(C)C(N)c1ccc(-c2cc(F)c(F)cc2F)s1. The fourth-order valence-corrected chi connectivity index (χ4v) is 2.92. The van der Waals surface area contributed by atoms with Crippen LogP contribution in [0.15, 0.2) is 24.3 Å². The maximum absolute atomic E-state index is 13.7. The fourth-order valence-electron chi connectivity index (χ4n) is 1.72. The summed E-state index contributed by atoms with van der Waals surface area (Å²) in [4.78, 5) is 1.44. The average molecular weight is 285 g/mol. The number of thiophene rings is 1. The Labute approximate surface area is 113 Å². The van der Waals surface area contributed by atoms with Gasteiger partial charge in [0.15, 0.2) is 11.6 Å². The summed E-state index contributed by atoms with van der Waals surface area (Å²) >= 11 is 1.30. The van der Waals surface area contributed by atoms with Gasteiger partial charge in [-0.2, -0.15) is 0 Å². The molecule has 1 aromatic carbocycles. The average Bonchev–Trinajstić information content (AvgIpc) is 2.81. The maximum atomic E-state index is 13.7. The number of hydrogen-bond acceptors (Lipinski definition) is 2. The first-order chi connectivity index (χ1) is 8.90. The fraction of sp³-hybridized carbons (Fsp3) is 0.286. The third-order valence-electron chi connectivity index (χ3n) is 2.95. The van der Waals surface area contributed by atoms with Crippen LogP contribution in [-0.4, -0.2) is 0 Å². The second-order valence-corrected chi connectivity index (χ2v) is 5.83. The van der Waals surface area contributed by atoms with E-state index in [0.717, 1.165) is 10.9 Å². The zero-order valence-electron chi connectivity index (χ0n) is 10.6. The molecule has 1 aromatic heterocycles. The highest BCUT2D eigenvalue weighted by Gasteiger charge is 2.16. The molecule has 0 amide bonds. The van der Waals surface area contributed by atoms with Crippen molar-refractivity contribution >= 4 is 11.3 Å². The van der Waals surface area contributed by atoms with Crippen LogP contribution in [0.1, 0.15) is 24.8 Å². The molecule has 2 rings (SSSR count). The highest BCUT2D eigenvalue weighted by Crippen LogP contribution is 2.34. The standard InChI is InChI=1S/C14H14F3NS/c1-7(2)14(18)13-4-3-12(19-13)8-5-10(16)11(17)6-9(8)15/h3-7,14H,18H2,1-2H3. The molecule has 0 spiro atoms. The van der Waals surface area contributed by atoms with E-state index in [1.54, 1.807) is 12.1 Å². The molecule has 1 atom stereocenters. The quantitative estimate of drug-likeness (QED) is 0.826. The van der Waals surface area contributed by atoms with Gasteiger partial charge in [-0.05, 0) is 24.1 Å². The highest BCUT2D eigenvalue weighted by atomic mass is 32.1. The van der Waals surface area contributed by atoms with E-state index in [9.17, 15) is 13.2 Å². The molecule has 2 aromatic rings. The summed E-state index contributed by atoms with van der Waals surface area (Å²) < 4.78 is 39.7. The third kappa shape index (κ3) is 2.82. The van der Waals surface area contributed by atoms with Gasteiger partial charge < -0.3 is 5.73 Å². The zero-order chi connectivity index (χ0) is 14.2. The van der Waals surface area contributed by atoms with E-state index >= 15 is 0 Å². The van der Waals surface area contributed by atoms with Crippen LogP contribution in [0.25, 0.3) is 10.4 Å². The van der Waals surface area contributed by atoms with Crippen molar-refractivity contribution in [3.63, 3.8) is 0 Å². The maximum Gasteiger partial charge on any atom is 0.161 e. The molecule has 0 aliphatic rings. The Kier molecular flexibility index (Phi) is 3.96. The van der Waals surface area contributed by atoms with E-state index in [1.807, 2.05) is 13.8 Å². The second-order valence-electron chi connectivity index (χ2n) is 4.72. The monoisotopic (exact) mass is 285 g/mol. The van der Waals surface area contributed by atoms with E-state index in [0.29, 0.717) is 10.9 Å². The van der Waals surface area contributed by atoms with Gasteiger partial charge in [0.1, 0.15) is 5.82 Å². The molecular formula is C14H14F3NS. The third-order valence-corrected chi connectivity index (χ3v) is 4.17. The van der Waals surface area contributed by atoms with Crippen molar-refractivity contribution in [1.82, 2.24) is 0 Å². The van der Waals surface area contributed by atoms with Crippen molar-refractivity contribution < 1.29 is 13.2 Å². The molecule has 1 unspecified atom stereocenters. The predicted molar refractivity (Wildman–Crippen MR) is 71.4 cm³/mol. The molecule has 102 valence electrons. The normalized spacial score (nSPS) is 13.0. The summed E-state index contributed by atoms with van der Waals surface area (Å²) in [5.74, 6) is -2.76. The predicted octanol–water partition coefficient (Wildman–Crippen LogP) is 4.49. The number of rotatable bonds is 3. The van der Waals surface area contributed by atoms with E-state index in [-0.39, 0.29) is 17.5 Å². The lowest BCUT2D eigenvalue weighted by atomic mass is 10.0. The van der Waals surface area contributed by atoms with E-state index in [4.69, 9.17) is 5.73 Å². The lowest BCUT2D eigenvalue weighted by molar-refractivity contribution is 0.496. The Morgan fingerprint density at radius 1 is 1.00 bits per heavy atom. The van der Waals surface area contributed by atoms with Gasteiger partial charge >= 0.3 is 0 Å². The zero-order valence-corrected chi connectivity index (χ0v) is 11.4. The van der Waals surface area contributed by atoms with Crippen LogP contribution in [0.3, 0.4) is 0 Å². The van der Waals surface area contributed by atoms with Gasteiger partial charge in [-0.15, -0.1) is 11.3 Å². The van der Waals surface area contributed by atoms with Crippen molar-refractivity contribution in [3.8, 4) is 10.4 Å². The largest absolute Gasteiger partial charge is 0.323 e. The van der Waals surface area contributed by atoms with Gasteiger partial charge in [0.2, 0.25) is 0 Å². The first-order valence-corrected chi connectivity index (χ1v) is 6.72. The molecule has 0 saturated carbocycles. The molecule has 1 nitrogen and oxygen atoms in total. The number of halogens is 3. The van der Waals surface area contributed by atoms with Crippen molar-refractivity contribution in [1.29, 1.82) is 0 Å². The molecule has 0 aliphatic carbocycles. The van der Waals surface area contributed by atoms with Gasteiger partial charge in [0, 0.05) is 27.4 Å². The van der Waals surface area contributed by atoms with E-state index in [2.05, 4.69) is 0 Å². The van der Waals surface area contributed by atoms with E-state index < -0.39 is 17.5 Å². The minimum atomic E-state index is -1.18. The highest BCUT2D eigenvalue weighted by molar-refractivity contribution is 7.15. The Morgan fingerprint density at radius 2 is 1.63 bits per heavy atom. The summed E-state index contributed by atoms with van der Waals surface area (Å²) in [6.07, 6.45) is 0. The first-order valence-electron chi connectivity index (χ1n) is 5.90. The summed E-state index contributed by atoms with van der Waals surface area (Å²) in [6, 6.07) is 4.77. The smallest absolute Gasteiger partial charge is 0.161 e. The molecule has 2 N–H and O–H groups in total. The molecule has 5 heteroatoms. The topological polar surface area (TPSA) is 26.0 Å². The van der Waals surface area contributed by atoms with Crippen molar-refractivity contribution in [2.45, 2.75) is 19.9 Å². The van der Waals surface area contributed by atoms with Crippen molar-refractivity contribution in [3.05, 3.63) is 46.6 Å². The molecule has 0 saturated heterocycles. The lowest BCUT2D eigenvalue weighted by Gasteiger charge is -2.12. The lowest BCUT2D eigenvalue weighted by Crippen LogP contribution is -2.14. The van der Waals surface area contributed by atoms with Crippen LogP contribution in [0.2, 0.25) is 0 Å². The Hall–Kier alpha value is -1.33.